The normalized spacial score (nSPS) is 15.8. The summed E-state index contributed by atoms with van der Waals surface area (Å²) in [4.78, 5) is 0. The number of aromatic nitrogens is 1. The smallest absolute Gasteiger partial charge is 0.224 e. The van der Waals surface area contributed by atoms with E-state index >= 15 is 0 Å². The molecule has 0 atom stereocenters. The Kier molecular flexibility index (Phi) is 3.34. The molecule has 2 aromatic rings. The Morgan fingerprint density at radius 3 is 2.82 bits per heavy atom. The van der Waals surface area contributed by atoms with Gasteiger partial charge in [0.2, 0.25) is 5.69 Å². The Morgan fingerprint density at radius 1 is 1.27 bits per heavy atom. The molecule has 0 aliphatic carbocycles. The summed E-state index contributed by atoms with van der Waals surface area (Å²) in [6, 6.07) is 12.7. The van der Waals surface area contributed by atoms with Crippen molar-refractivity contribution in [2.75, 3.05) is 6.61 Å². The summed E-state index contributed by atoms with van der Waals surface area (Å²) < 4.78 is 6.73. The van der Waals surface area contributed by atoms with Gasteiger partial charge in [-0.2, -0.15) is 9.99 Å². The topological polar surface area (TPSA) is 60.0 Å². The van der Waals surface area contributed by atoms with Crippen molar-refractivity contribution in [1.82, 2.24) is 0 Å². The van der Waals surface area contributed by atoms with E-state index in [4.69, 9.17) is 10.00 Å². The van der Waals surface area contributed by atoms with Crippen molar-refractivity contribution < 1.29 is 9.47 Å². The van der Waals surface area contributed by atoms with E-state index < -0.39 is 0 Å². The first-order chi connectivity index (χ1) is 10.5. The van der Waals surface area contributed by atoms with E-state index in [1.54, 1.807) is 30.3 Å². The molecule has 0 spiro atoms. The van der Waals surface area contributed by atoms with E-state index in [9.17, 15) is 5.21 Å². The van der Waals surface area contributed by atoms with Crippen LogP contribution in [0.15, 0.2) is 48.7 Å². The highest BCUT2D eigenvalue weighted by Gasteiger charge is 2.27. The van der Waals surface area contributed by atoms with Gasteiger partial charge in [-0.15, -0.1) is 0 Å². The van der Waals surface area contributed by atoms with Crippen LogP contribution in [0.2, 0.25) is 0 Å². The highest BCUT2D eigenvalue weighted by molar-refractivity contribution is 5.81. The third kappa shape index (κ3) is 2.53. The van der Waals surface area contributed by atoms with Gasteiger partial charge in [-0.1, -0.05) is 19.9 Å². The molecule has 0 fully saturated rings. The molecule has 4 nitrogen and oxygen atoms in total. The maximum absolute atomic E-state index is 12.2. The lowest BCUT2D eigenvalue weighted by molar-refractivity contribution is -0.607. The van der Waals surface area contributed by atoms with Crippen LogP contribution < -0.4 is 9.47 Å². The maximum Gasteiger partial charge on any atom is 0.224 e. The fourth-order valence-electron chi connectivity index (χ4n) is 2.56. The number of ether oxygens (including phenoxy) is 1. The van der Waals surface area contributed by atoms with Crippen LogP contribution in [0.25, 0.3) is 5.57 Å². The molecule has 0 bridgehead atoms. The molecule has 0 unspecified atom stereocenters. The number of benzene rings is 1. The van der Waals surface area contributed by atoms with Gasteiger partial charge >= 0.3 is 0 Å². The quantitative estimate of drug-likeness (QED) is 0.599. The Bertz CT molecular complexity index is 801. The van der Waals surface area contributed by atoms with Gasteiger partial charge < -0.3 is 9.94 Å². The first-order valence-corrected chi connectivity index (χ1v) is 7.09. The molecule has 1 aliphatic rings. The molecular formula is C18H16N2O2. The van der Waals surface area contributed by atoms with E-state index in [0.717, 1.165) is 15.9 Å². The van der Waals surface area contributed by atoms with Crippen LogP contribution in [-0.4, -0.2) is 6.61 Å². The molecule has 4 heteroatoms. The van der Waals surface area contributed by atoms with E-state index in [1.165, 1.54) is 6.20 Å². The van der Waals surface area contributed by atoms with E-state index in [1.807, 2.05) is 12.1 Å². The SMILES string of the molecule is CC1(C)C=C(c2cccc[n+]2[O-])c2cc(C#N)ccc2OC1. The second kappa shape index (κ2) is 5.19. The second-order valence-corrected chi connectivity index (χ2v) is 6.07. The van der Waals surface area contributed by atoms with Gasteiger partial charge in [0.25, 0.3) is 0 Å². The average Bonchev–Trinajstić information content (AvgIpc) is 2.64. The van der Waals surface area contributed by atoms with E-state index in [0.29, 0.717) is 23.6 Å². The fourth-order valence-corrected chi connectivity index (χ4v) is 2.56. The third-order valence-corrected chi connectivity index (χ3v) is 3.63. The van der Waals surface area contributed by atoms with Crippen molar-refractivity contribution in [2.45, 2.75) is 13.8 Å². The molecule has 0 radical (unpaired) electrons. The molecule has 1 aromatic heterocycles. The van der Waals surface area contributed by atoms with Gasteiger partial charge in [0, 0.05) is 23.1 Å². The average molecular weight is 292 g/mol. The van der Waals surface area contributed by atoms with Gasteiger partial charge in [0.05, 0.1) is 23.8 Å². The number of nitriles is 1. The number of pyridine rings is 1. The number of fused-ring (bicyclic) bond motifs is 1. The molecule has 3 rings (SSSR count). The predicted octanol–water partition coefficient (Wildman–Crippen LogP) is 3.04. The first-order valence-electron chi connectivity index (χ1n) is 7.09. The summed E-state index contributed by atoms with van der Waals surface area (Å²) in [6.45, 7) is 4.63. The van der Waals surface area contributed by atoms with Crippen molar-refractivity contribution in [3.8, 4) is 11.8 Å². The molecule has 0 saturated carbocycles. The van der Waals surface area contributed by atoms with Crippen molar-refractivity contribution >= 4 is 5.57 Å². The Morgan fingerprint density at radius 2 is 2.09 bits per heavy atom. The van der Waals surface area contributed by atoms with Crippen LogP contribution >= 0.6 is 0 Å². The Hall–Kier alpha value is -2.80. The minimum absolute atomic E-state index is 0.218. The molecular weight excluding hydrogens is 276 g/mol. The third-order valence-electron chi connectivity index (χ3n) is 3.63. The van der Waals surface area contributed by atoms with Crippen LogP contribution in [0.1, 0.15) is 30.7 Å². The second-order valence-electron chi connectivity index (χ2n) is 6.07. The zero-order chi connectivity index (χ0) is 15.7. The zero-order valence-electron chi connectivity index (χ0n) is 12.5. The lowest BCUT2D eigenvalue weighted by Crippen LogP contribution is -2.30. The van der Waals surface area contributed by atoms with Crippen LogP contribution in [0.4, 0.5) is 0 Å². The minimum Gasteiger partial charge on any atom is -0.618 e. The van der Waals surface area contributed by atoms with E-state index in [2.05, 4.69) is 19.9 Å². The lowest BCUT2D eigenvalue weighted by Gasteiger charge is -2.18. The van der Waals surface area contributed by atoms with Crippen molar-refractivity contribution in [3.63, 3.8) is 0 Å². The maximum atomic E-state index is 12.2. The predicted molar refractivity (Wildman–Crippen MR) is 82.9 cm³/mol. The van der Waals surface area contributed by atoms with Gasteiger partial charge in [-0.25, -0.2) is 0 Å². The van der Waals surface area contributed by atoms with Gasteiger partial charge in [-0.3, -0.25) is 0 Å². The minimum atomic E-state index is -0.218. The van der Waals surface area contributed by atoms with Crippen LogP contribution in [-0.2, 0) is 0 Å². The van der Waals surface area contributed by atoms with Gasteiger partial charge in [-0.05, 0) is 24.3 Å². The summed E-state index contributed by atoms with van der Waals surface area (Å²) in [6.07, 6.45) is 3.52. The number of rotatable bonds is 1. The number of nitrogens with zero attached hydrogens (tertiary/aromatic N) is 2. The monoisotopic (exact) mass is 292 g/mol. The first kappa shape index (κ1) is 14.2. The Balaban J connectivity index is 2.28. The lowest BCUT2D eigenvalue weighted by atomic mass is 9.89. The van der Waals surface area contributed by atoms with Gasteiger partial charge in [0.15, 0.2) is 6.20 Å². The molecule has 2 heterocycles. The molecule has 1 aliphatic heterocycles. The standard InChI is InChI=1S/C18H16N2O2/c1-18(2)10-15(16-5-3-4-8-20(16)21)14-9-13(11-19)6-7-17(14)22-12-18/h3-10H,12H2,1-2H3. The van der Waals surface area contributed by atoms with Crippen LogP contribution in [0.3, 0.4) is 0 Å². The largest absolute Gasteiger partial charge is 0.618 e. The number of hydrogen-bond acceptors (Lipinski definition) is 3. The van der Waals surface area contributed by atoms with Crippen molar-refractivity contribution in [1.29, 1.82) is 5.26 Å². The fraction of sp³-hybridized carbons (Fsp3) is 0.222. The zero-order valence-corrected chi connectivity index (χ0v) is 12.5. The summed E-state index contributed by atoms with van der Waals surface area (Å²) in [5.41, 5.74) is 2.45. The summed E-state index contributed by atoms with van der Waals surface area (Å²) in [5, 5.41) is 21.3. The van der Waals surface area contributed by atoms with Crippen molar-refractivity contribution in [3.05, 3.63) is 70.7 Å². The van der Waals surface area contributed by atoms with Crippen LogP contribution in [0.5, 0.6) is 5.75 Å². The van der Waals surface area contributed by atoms with Crippen molar-refractivity contribution in [2.24, 2.45) is 5.41 Å². The Labute approximate surface area is 129 Å². The molecule has 22 heavy (non-hydrogen) atoms. The molecule has 0 saturated heterocycles. The molecule has 1 aromatic carbocycles. The summed E-state index contributed by atoms with van der Waals surface area (Å²) in [7, 11) is 0. The molecule has 110 valence electrons. The molecule has 0 N–H and O–H groups in total. The van der Waals surface area contributed by atoms with Crippen LogP contribution in [0, 0.1) is 22.0 Å². The number of hydrogen-bond donors (Lipinski definition) is 0. The summed E-state index contributed by atoms with van der Waals surface area (Å²) in [5.74, 6) is 0.694. The summed E-state index contributed by atoms with van der Waals surface area (Å²) >= 11 is 0. The highest BCUT2D eigenvalue weighted by atomic mass is 16.5. The van der Waals surface area contributed by atoms with Gasteiger partial charge in [0.1, 0.15) is 5.75 Å². The van der Waals surface area contributed by atoms with E-state index in [-0.39, 0.29) is 5.41 Å². The highest BCUT2D eigenvalue weighted by Crippen LogP contribution is 2.37. The molecule has 0 amide bonds.